The molecule has 2 rings (SSSR count). The number of ether oxygens (including phenoxy) is 1. The van der Waals surface area contributed by atoms with Crippen LogP contribution in [0.5, 0.6) is 5.75 Å². The second-order valence-electron chi connectivity index (χ2n) is 6.73. The quantitative estimate of drug-likeness (QED) is 0.637. The highest BCUT2D eigenvalue weighted by molar-refractivity contribution is 7.89. The van der Waals surface area contributed by atoms with Gasteiger partial charge in [0.15, 0.2) is 6.61 Å². The molecule has 1 amide bonds. The molecule has 0 heterocycles. The molecule has 164 valence electrons. The largest absolute Gasteiger partial charge is 0.483 e. The second-order valence-corrected chi connectivity index (χ2v) is 8.88. The predicted molar refractivity (Wildman–Crippen MR) is 107 cm³/mol. The monoisotopic (exact) mass is 464 g/mol. The number of rotatable bonds is 7. The molecule has 0 fully saturated rings. The molecule has 2 aromatic rings. The van der Waals surface area contributed by atoms with Gasteiger partial charge in [-0.1, -0.05) is 11.6 Å². The van der Waals surface area contributed by atoms with Crippen LogP contribution in [0.3, 0.4) is 0 Å². The fourth-order valence-electron chi connectivity index (χ4n) is 2.52. The summed E-state index contributed by atoms with van der Waals surface area (Å²) in [7, 11) is -3.70. The van der Waals surface area contributed by atoms with Gasteiger partial charge in [0, 0.05) is 11.1 Å². The van der Waals surface area contributed by atoms with Crippen LogP contribution in [-0.4, -0.2) is 27.0 Å². The number of carbonyl (C=O) groups excluding carboxylic acids is 1. The molecule has 2 N–H and O–H groups in total. The highest BCUT2D eigenvalue weighted by Gasteiger charge is 2.34. The van der Waals surface area contributed by atoms with E-state index in [1.165, 1.54) is 24.3 Å². The minimum Gasteiger partial charge on any atom is -0.483 e. The van der Waals surface area contributed by atoms with E-state index in [-0.39, 0.29) is 21.7 Å². The summed E-state index contributed by atoms with van der Waals surface area (Å²) in [6.45, 7) is 4.39. The van der Waals surface area contributed by atoms with Crippen molar-refractivity contribution in [1.29, 1.82) is 0 Å². The van der Waals surface area contributed by atoms with Crippen LogP contribution in [0.4, 0.5) is 18.9 Å². The van der Waals surface area contributed by atoms with E-state index >= 15 is 0 Å². The van der Waals surface area contributed by atoms with Crippen LogP contribution in [0.15, 0.2) is 41.3 Å². The summed E-state index contributed by atoms with van der Waals surface area (Å²) in [4.78, 5) is 12.1. The van der Waals surface area contributed by atoms with E-state index in [2.05, 4.69) is 10.0 Å². The first-order valence-corrected chi connectivity index (χ1v) is 10.6. The maximum atomic E-state index is 13.1. The number of hydrogen-bond acceptors (Lipinski definition) is 4. The van der Waals surface area contributed by atoms with E-state index in [0.717, 1.165) is 6.07 Å². The lowest BCUT2D eigenvalue weighted by molar-refractivity contribution is -0.137. The van der Waals surface area contributed by atoms with Crippen LogP contribution < -0.4 is 14.8 Å². The molecule has 0 bridgehead atoms. The molecule has 0 aliphatic heterocycles. The molecule has 0 radical (unpaired) electrons. The number of amides is 1. The van der Waals surface area contributed by atoms with Crippen molar-refractivity contribution in [2.75, 3.05) is 11.9 Å². The lowest BCUT2D eigenvalue weighted by atomic mass is 10.1. The Labute approximate surface area is 177 Å². The van der Waals surface area contributed by atoms with Crippen LogP contribution >= 0.6 is 11.6 Å². The van der Waals surface area contributed by atoms with Gasteiger partial charge in [0.1, 0.15) is 5.75 Å². The van der Waals surface area contributed by atoms with Crippen molar-refractivity contribution < 1.29 is 31.1 Å². The van der Waals surface area contributed by atoms with Crippen LogP contribution in [-0.2, 0) is 21.0 Å². The molecule has 6 nitrogen and oxygen atoms in total. The average Bonchev–Trinajstić information content (AvgIpc) is 2.60. The van der Waals surface area contributed by atoms with Crippen molar-refractivity contribution >= 4 is 33.2 Å². The van der Waals surface area contributed by atoms with Gasteiger partial charge in [0.2, 0.25) is 10.0 Å². The Morgan fingerprint density at radius 1 is 1.17 bits per heavy atom. The summed E-state index contributed by atoms with van der Waals surface area (Å²) in [5.41, 5.74) is -1.08. The standard InChI is InChI=1S/C19H20ClF3N2O4S/c1-11(2)25-30(27,28)14-5-7-17(12(3)8-14)29-10-18(26)24-16-6-4-13(20)9-15(16)19(21,22)23/h4-9,11,25H,10H2,1-3H3,(H,24,26). The number of nitrogens with one attached hydrogen (secondary N) is 2. The maximum Gasteiger partial charge on any atom is 0.418 e. The zero-order valence-corrected chi connectivity index (χ0v) is 17.9. The molecule has 0 unspecified atom stereocenters. The first kappa shape index (κ1) is 24.0. The fourth-order valence-corrected chi connectivity index (χ4v) is 4.03. The Kier molecular flexibility index (Phi) is 7.38. The zero-order chi connectivity index (χ0) is 22.7. The Morgan fingerprint density at radius 2 is 1.83 bits per heavy atom. The molecule has 0 atom stereocenters. The van der Waals surface area contributed by atoms with E-state index < -0.39 is 40.0 Å². The number of sulfonamides is 1. The third-order valence-electron chi connectivity index (χ3n) is 3.77. The third-order valence-corrected chi connectivity index (χ3v) is 5.66. The van der Waals surface area contributed by atoms with Gasteiger partial charge in [-0.3, -0.25) is 4.79 Å². The Bertz CT molecular complexity index is 1040. The van der Waals surface area contributed by atoms with Crippen molar-refractivity contribution in [2.24, 2.45) is 0 Å². The number of aryl methyl sites for hydroxylation is 1. The van der Waals surface area contributed by atoms with Crippen molar-refractivity contribution in [3.63, 3.8) is 0 Å². The van der Waals surface area contributed by atoms with E-state index in [4.69, 9.17) is 16.3 Å². The van der Waals surface area contributed by atoms with E-state index in [0.29, 0.717) is 11.6 Å². The summed E-state index contributed by atoms with van der Waals surface area (Å²) in [5, 5.41) is 2.03. The highest BCUT2D eigenvalue weighted by atomic mass is 35.5. The van der Waals surface area contributed by atoms with Crippen molar-refractivity contribution in [3.05, 3.63) is 52.5 Å². The van der Waals surface area contributed by atoms with E-state index in [9.17, 15) is 26.4 Å². The fraction of sp³-hybridized carbons (Fsp3) is 0.316. The maximum absolute atomic E-state index is 13.1. The summed E-state index contributed by atoms with van der Waals surface area (Å²) < 4.78 is 71.5. The smallest absolute Gasteiger partial charge is 0.418 e. The molecule has 2 aromatic carbocycles. The first-order valence-electron chi connectivity index (χ1n) is 8.72. The number of anilines is 1. The van der Waals surface area contributed by atoms with Gasteiger partial charge in [0.25, 0.3) is 5.91 Å². The number of halogens is 4. The molecule has 11 heteroatoms. The molecular formula is C19H20ClF3N2O4S. The lowest BCUT2D eigenvalue weighted by Crippen LogP contribution is -2.30. The van der Waals surface area contributed by atoms with Crippen molar-refractivity contribution in [3.8, 4) is 5.75 Å². The average molecular weight is 465 g/mol. The Balaban J connectivity index is 2.09. The normalized spacial score (nSPS) is 12.1. The number of alkyl halides is 3. The highest BCUT2D eigenvalue weighted by Crippen LogP contribution is 2.36. The second kappa shape index (κ2) is 9.23. The molecule has 0 aliphatic rings. The number of hydrogen-bond donors (Lipinski definition) is 2. The molecule has 30 heavy (non-hydrogen) atoms. The van der Waals surface area contributed by atoms with Crippen molar-refractivity contribution in [1.82, 2.24) is 4.72 Å². The minimum absolute atomic E-state index is 0.0292. The van der Waals surface area contributed by atoms with Gasteiger partial charge < -0.3 is 10.1 Å². The summed E-state index contributed by atoms with van der Waals surface area (Å²) in [5.74, 6) is -0.596. The lowest BCUT2D eigenvalue weighted by Gasteiger charge is -2.15. The summed E-state index contributed by atoms with van der Waals surface area (Å²) >= 11 is 5.61. The van der Waals surface area contributed by atoms with E-state index in [1.54, 1.807) is 20.8 Å². The first-order chi connectivity index (χ1) is 13.8. The van der Waals surface area contributed by atoms with Crippen LogP contribution in [0.25, 0.3) is 0 Å². The van der Waals surface area contributed by atoms with Gasteiger partial charge >= 0.3 is 6.18 Å². The molecule has 0 aliphatic carbocycles. The topological polar surface area (TPSA) is 84.5 Å². The third kappa shape index (κ3) is 6.35. The molecule has 0 saturated carbocycles. The minimum atomic E-state index is -4.70. The number of carbonyl (C=O) groups is 1. The molecule has 0 saturated heterocycles. The van der Waals surface area contributed by atoms with Crippen LogP contribution in [0.1, 0.15) is 25.0 Å². The van der Waals surface area contributed by atoms with E-state index in [1.807, 2.05) is 0 Å². The Morgan fingerprint density at radius 3 is 2.40 bits per heavy atom. The van der Waals surface area contributed by atoms with Gasteiger partial charge in [-0.15, -0.1) is 0 Å². The predicted octanol–water partition coefficient (Wildman–Crippen LogP) is 4.37. The molecule has 0 aromatic heterocycles. The SMILES string of the molecule is Cc1cc(S(=O)(=O)NC(C)C)ccc1OCC(=O)Nc1ccc(Cl)cc1C(F)(F)F. The summed E-state index contributed by atoms with van der Waals surface area (Å²) in [6, 6.07) is 6.76. The molecule has 0 spiro atoms. The van der Waals surface area contributed by atoms with Gasteiger partial charge in [-0.05, 0) is 62.7 Å². The van der Waals surface area contributed by atoms with Gasteiger partial charge in [-0.2, -0.15) is 13.2 Å². The Hall–Kier alpha value is -2.30. The van der Waals surface area contributed by atoms with Crippen molar-refractivity contribution in [2.45, 2.75) is 37.9 Å². The van der Waals surface area contributed by atoms with Crippen LogP contribution in [0.2, 0.25) is 5.02 Å². The number of benzene rings is 2. The zero-order valence-electron chi connectivity index (χ0n) is 16.3. The van der Waals surface area contributed by atoms with Crippen LogP contribution in [0, 0.1) is 6.92 Å². The molecular weight excluding hydrogens is 445 g/mol. The summed E-state index contributed by atoms with van der Waals surface area (Å²) in [6.07, 6.45) is -4.70. The van der Waals surface area contributed by atoms with Gasteiger partial charge in [-0.25, -0.2) is 13.1 Å². The van der Waals surface area contributed by atoms with Gasteiger partial charge in [0.05, 0.1) is 16.1 Å².